The van der Waals surface area contributed by atoms with E-state index >= 15 is 0 Å². The molecule has 0 saturated carbocycles. The van der Waals surface area contributed by atoms with E-state index in [0.717, 1.165) is 18.4 Å². The van der Waals surface area contributed by atoms with Crippen LogP contribution in [0, 0.1) is 0 Å². The molecule has 0 radical (unpaired) electrons. The molecule has 4 heteroatoms. The molecule has 0 aromatic heterocycles. The van der Waals surface area contributed by atoms with E-state index in [1.165, 1.54) is 6.07 Å². The third-order valence-electron chi connectivity index (χ3n) is 3.29. The van der Waals surface area contributed by atoms with Crippen molar-refractivity contribution >= 4 is 5.91 Å². The number of carbonyl (C=O) groups is 1. The smallest absolute Gasteiger partial charge is 0.219 e. The molecule has 4 nitrogen and oxygen atoms in total. The number of rotatable bonds is 6. The fraction of sp³-hybridized carbons (Fsp3) is 0.533. The van der Waals surface area contributed by atoms with Gasteiger partial charge in [-0.1, -0.05) is 19.9 Å². The molecule has 1 rings (SSSR count). The van der Waals surface area contributed by atoms with Crippen molar-refractivity contribution in [2.75, 3.05) is 6.54 Å². The van der Waals surface area contributed by atoms with Crippen molar-refractivity contribution in [1.82, 2.24) is 5.32 Å². The number of carbonyl (C=O) groups excluding carboxylic acids is 1. The molecule has 0 aliphatic rings. The zero-order valence-electron chi connectivity index (χ0n) is 11.9. The van der Waals surface area contributed by atoms with Crippen LogP contribution in [-0.4, -0.2) is 22.7 Å². The number of hydrogen-bond acceptors (Lipinski definition) is 3. The first kappa shape index (κ1) is 15.3. The monoisotopic (exact) mass is 265 g/mol. The summed E-state index contributed by atoms with van der Waals surface area (Å²) < 4.78 is 0. The summed E-state index contributed by atoms with van der Waals surface area (Å²) >= 11 is 0. The van der Waals surface area contributed by atoms with E-state index < -0.39 is 0 Å². The standard InChI is InChI=1S/C15H23NO3/c1-4-16-14(19)6-5-9-15(2,3)12-8-7-11(17)10-13(12)18/h7-8,10,17-18H,4-6,9H2,1-3H3,(H,16,19). The van der Waals surface area contributed by atoms with Crippen molar-refractivity contribution < 1.29 is 15.0 Å². The van der Waals surface area contributed by atoms with Crippen molar-refractivity contribution in [3.05, 3.63) is 23.8 Å². The van der Waals surface area contributed by atoms with Gasteiger partial charge in [0.25, 0.3) is 0 Å². The molecule has 1 aromatic rings. The van der Waals surface area contributed by atoms with E-state index in [-0.39, 0.29) is 22.8 Å². The Kier molecular flexibility index (Phi) is 5.21. The van der Waals surface area contributed by atoms with Gasteiger partial charge >= 0.3 is 0 Å². The van der Waals surface area contributed by atoms with Crippen molar-refractivity contribution in [3.8, 4) is 11.5 Å². The molecule has 0 aliphatic carbocycles. The van der Waals surface area contributed by atoms with Crippen molar-refractivity contribution in [3.63, 3.8) is 0 Å². The highest BCUT2D eigenvalue weighted by molar-refractivity contribution is 5.75. The van der Waals surface area contributed by atoms with Crippen molar-refractivity contribution in [2.24, 2.45) is 0 Å². The Labute approximate surface area is 114 Å². The van der Waals surface area contributed by atoms with Crippen LogP contribution in [0.25, 0.3) is 0 Å². The van der Waals surface area contributed by atoms with Gasteiger partial charge in [-0.3, -0.25) is 4.79 Å². The summed E-state index contributed by atoms with van der Waals surface area (Å²) in [5, 5.41) is 21.9. The molecule has 19 heavy (non-hydrogen) atoms. The summed E-state index contributed by atoms with van der Waals surface area (Å²) in [6.07, 6.45) is 2.05. The average Bonchev–Trinajstić information content (AvgIpc) is 2.28. The molecule has 0 bridgehead atoms. The van der Waals surface area contributed by atoms with E-state index in [0.29, 0.717) is 13.0 Å². The Morgan fingerprint density at radius 3 is 2.58 bits per heavy atom. The minimum absolute atomic E-state index is 0.0550. The summed E-state index contributed by atoms with van der Waals surface area (Å²) in [5.74, 6) is 0.218. The molecular weight excluding hydrogens is 242 g/mol. The predicted molar refractivity (Wildman–Crippen MR) is 75.3 cm³/mol. The van der Waals surface area contributed by atoms with Gasteiger partial charge in [-0.15, -0.1) is 0 Å². The lowest BCUT2D eigenvalue weighted by molar-refractivity contribution is -0.121. The fourth-order valence-electron chi connectivity index (χ4n) is 2.20. The lowest BCUT2D eigenvalue weighted by Crippen LogP contribution is -2.23. The lowest BCUT2D eigenvalue weighted by Gasteiger charge is -2.26. The number of benzene rings is 1. The minimum atomic E-state index is -0.232. The Bertz CT molecular complexity index is 441. The largest absolute Gasteiger partial charge is 0.508 e. The van der Waals surface area contributed by atoms with Gasteiger partial charge in [0.15, 0.2) is 0 Å². The quantitative estimate of drug-likeness (QED) is 0.740. The molecule has 0 fully saturated rings. The molecule has 106 valence electrons. The molecule has 0 aliphatic heterocycles. The summed E-state index contributed by atoms with van der Waals surface area (Å²) in [6.45, 7) is 6.60. The first-order valence-electron chi connectivity index (χ1n) is 6.66. The van der Waals surface area contributed by atoms with E-state index in [2.05, 4.69) is 5.32 Å². The van der Waals surface area contributed by atoms with Crippen molar-refractivity contribution in [1.29, 1.82) is 0 Å². The number of aromatic hydroxyl groups is 2. The summed E-state index contributed by atoms with van der Waals surface area (Å²) in [7, 11) is 0. The normalized spacial score (nSPS) is 11.3. The van der Waals surface area contributed by atoms with Gasteiger partial charge in [-0.25, -0.2) is 0 Å². The molecule has 0 unspecified atom stereocenters. The summed E-state index contributed by atoms with van der Waals surface area (Å²) in [6, 6.07) is 4.65. The van der Waals surface area contributed by atoms with Crippen LogP contribution >= 0.6 is 0 Å². The maximum absolute atomic E-state index is 11.4. The number of hydrogen-bond donors (Lipinski definition) is 3. The van der Waals surface area contributed by atoms with Crippen LogP contribution < -0.4 is 5.32 Å². The maximum atomic E-state index is 11.4. The second kappa shape index (κ2) is 6.45. The van der Waals surface area contributed by atoms with Crippen LogP contribution in [0.4, 0.5) is 0 Å². The van der Waals surface area contributed by atoms with Gasteiger partial charge in [0.1, 0.15) is 11.5 Å². The van der Waals surface area contributed by atoms with Crippen LogP contribution in [0.5, 0.6) is 11.5 Å². The minimum Gasteiger partial charge on any atom is -0.508 e. The van der Waals surface area contributed by atoms with E-state index in [1.807, 2.05) is 20.8 Å². The molecule has 0 saturated heterocycles. The SMILES string of the molecule is CCNC(=O)CCCC(C)(C)c1ccc(O)cc1O. The van der Waals surface area contributed by atoms with Crippen LogP contribution in [0.3, 0.4) is 0 Å². The number of phenols is 2. The van der Waals surface area contributed by atoms with Crippen LogP contribution in [0.2, 0.25) is 0 Å². The molecule has 3 N–H and O–H groups in total. The zero-order chi connectivity index (χ0) is 14.5. The molecule has 0 heterocycles. The van der Waals surface area contributed by atoms with Crippen LogP contribution in [0.15, 0.2) is 18.2 Å². The van der Waals surface area contributed by atoms with Crippen LogP contribution in [0.1, 0.15) is 45.6 Å². The maximum Gasteiger partial charge on any atom is 0.219 e. The fourth-order valence-corrected chi connectivity index (χ4v) is 2.20. The third kappa shape index (κ3) is 4.47. The Morgan fingerprint density at radius 2 is 2.00 bits per heavy atom. The van der Waals surface area contributed by atoms with Gasteiger partial charge in [-0.05, 0) is 36.8 Å². The van der Waals surface area contributed by atoms with E-state index in [1.54, 1.807) is 12.1 Å². The third-order valence-corrected chi connectivity index (χ3v) is 3.29. The topological polar surface area (TPSA) is 69.6 Å². The summed E-state index contributed by atoms with van der Waals surface area (Å²) in [5.41, 5.74) is 0.561. The van der Waals surface area contributed by atoms with Gasteiger partial charge < -0.3 is 15.5 Å². The van der Waals surface area contributed by atoms with Gasteiger partial charge in [0, 0.05) is 19.0 Å². The van der Waals surface area contributed by atoms with Crippen LogP contribution in [-0.2, 0) is 10.2 Å². The first-order valence-corrected chi connectivity index (χ1v) is 6.66. The highest BCUT2D eigenvalue weighted by Crippen LogP contribution is 2.36. The average molecular weight is 265 g/mol. The molecule has 1 amide bonds. The molecular formula is C15H23NO3. The van der Waals surface area contributed by atoms with Gasteiger partial charge in [0.2, 0.25) is 5.91 Å². The second-order valence-electron chi connectivity index (χ2n) is 5.39. The molecule has 0 spiro atoms. The Morgan fingerprint density at radius 1 is 1.32 bits per heavy atom. The first-order chi connectivity index (χ1) is 8.86. The summed E-state index contributed by atoms with van der Waals surface area (Å²) in [4.78, 5) is 11.4. The molecule has 0 atom stereocenters. The van der Waals surface area contributed by atoms with E-state index in [4.69, 9.17) is 0 Å². The molecule has 1 aromatic carbocycles. The van der Waals surface area contributed by atoms with E-state index in [9.17, 15) is 15.0 Å². The number of nitrogens with one attached hydrogen (secondary N) is 1. The van der Waals surface area contributed by atoms with Gasteiger partial charge in [-0.2, -0.15) is 0 Å². The highest BCUT2D eigenvalue weighted by atomic mass is 16.3. The second-order valence-corrected chi connectivity index (χ2v) is 5.39. The van der Waals surface area contributed by atoms with Crippen molar-refractivity contribution in [2.45, 2.75) is 45.4 Å². The zero-order valence-corrected chi connectivity index (χ0v) is 11.9. The Hall–Kier alpha value is -1.71. The van der Waals surface area contributed by atoms with Gasteiger partial charge in [0.05, 0.1) is 0 Å². The lowest BCUT2D eigenvalue weighted by atomic mass is 9.79. The number of phenolic OH excluding ortho intramolecular Hbond substituents is 2. The predicted octanol–water partition coefficient (Wildman–Crippen LogP) is 2.68. The Balaban J connectivity index is 2.62. The highest BCUT2D eigenvalue weighted by Gasteiger charge is 2.24. The number of amides is 1.